The highest BCUT2D eigenvalue weighted by molar-refractivity contribution is 7.09. The Kier molecular flexibility index (Phi) is 2.97. The largest absolute Gasteiger partial charge is 0.325 e. The fourth-order valence-electron chi connectivity index (χ4n) is 1.25. The molecule has 0 atom stereocenters. The molecule has 0 aliphatic carbocycles. The Balaban J connectivity index is 2.21. The van der Waals surface area contributed by atoms with Crippen molar-refractivity contribution >= 4 is 22.7 Å². The van der Waals surface area contributed by atoms with Crippen molar-refractivity contribution in [2.45, 2.75) is 26.8 Å². The molecule has 0 bridgehead atoms. The molecule has 0 aliphatic heterocycles. The Bertz CT molecular complexity index is 511. The van der Waals surface area contributed by atoms with Gasteiger partial charge < -0.3 is 0 Å². The second kappa shape index (κ2) is 4.24. The smallest absolute Gasteiger partial charge is 0.255 e. The van der Waals surface area contributed by atoms with Crippen molar-refractivity contribution in [1.29, 1.82) is 0 Å². The van der Waals surface area contributed by atoms with Crippen molar-refractivity contribution < 1.29 is 0 Å². The van der Waals surface area contributed by atoms with Crippen LogP contribution < -0.4 is 4.87 Å². The van der Waals surface area contributed by atoms with Crippen LogP contribution in [-0.2, 0) is 13.0 Å². The molecule has 0 radical (unpaired) electrons. The minimum absolute atomic E-state index is 0.0152. The predicted octanol–water partition coefficient (Wildman–Crippen LogP) is 1.68. The number of aryl methyl sites for hydroxylation is 2. The van der Waals surface area contributed by atoms with Crippen LogP contribution in [0.25, 0.3) is 0 Å². The molecule has 2 aromatic heterocycles. The Morgan fingerprint density at radius 2 is 2.33 bits per heavy atom. The summed E-state index contributed by atoms with van der Waals surface area (Å²) in [4.78, 5) is 15.8. The van der Waals surface area contributed by atoms with E-state index in [-0.39, 0.29) is 4.87 Å². The van der Waals surface area contributed by atoms with Crippen LogP contribution in [0.4, 0.5) is 0 Å². The van der Waals surface area contributed by atoms with Gasteiger partial charge in [0.1, 0.15) is 5.01 Å². The molecule has 2 heterocycles. The monoisotopic (exact) mass is 241 g/mol. The molecule has 4 nitrogen and oxygen atoms in total. The molecule has 0 fully saturated rings. The quantitative estimate of drug-likeness (QED) is 0.821. The highest BCUT2D eigenvalue weighted by Crippen LogP contribution is 2.10. The highest BCUT2D eigenvalue weighted by Gasteiger charge is 2.06. The number of hydrogen-bond donors (Lipinski definition) is 0. The van der Waals surface area contributed by atoms with Gasteiger partial charge in [-0.15, -0.1) is 11.3 Å². The molecule has 80 valence electrons. The van der Waals surface area contributed by atoms with E-state index in [2.05, 4.69) is 17.0 Å². The van der Waals surface area contributed by atoms with Gasteiger partial charge in [-0.2, -0.15) is 5.10 Å². The second-order valence-electron chi connectivity index (χ2n) is 3.13. The van der Waals surface area contributed by atoms with Crippen LogP contribution in [0, 0.1) is 6.92 Å². The SMILES string of the molecule is CCc1nc(Cn2nc(C)sc2=O)cs1. The van der Waals surface area contributed by atoms with Crippen LogP contribution in [0.1, 0.15) is 22.6 Å². The topological polar surface area (TPSA) is 47.8 Å². The van der Waals surface area contributed by atoms with E-state index in [1.165, 1.54) is 16.0 Å². The van der Waals surface area contributed by atoms with Crippen LogP contribution in [0.2, 0.25) is 0 Å². The Morgan fingerprint density at radius 1 is 1.53 bits per heavy atom. The Labute approximate surface area is 95.2 Å². The normalized spacial score (nSPS) is 10.8. The zero-order chi connectivity index (χ0) is 10.8. The van der Waals surface area contributed by atoms with Crippen molar-refractivity contribution in [3.63, 3.8) is 0 Å². The van der Waals surface area contributed by atoms with Crippen LogP contribution in [0.15, 0.2) is 10.2 Å². The molecule has 6 heteroatoms. The van der Waals surface area contributed by atoms with Gasteiger partial charge in [0.05, 0.1) is 17.2 Å². The molecule has 0 aromatic carbocycles. The lowest BCUT2D eigenvalue weighted by molar-refractivity contribution is 0.648. The van der Waals surface area contributed by atoms with Gasteiger partial charge >= 0.3 is 4.87 Å². The van der Waals surface area contributed by atoms with E-state index in [0.717, 1.165) is 22.1 Å². The second-order valence-corrected chi connectivity index (χ2v) is 5.22. The van der Waals surface area contributed by atoms with Gasteiger partial charge in [0.2, 0.25) is 0 Å². The average molecular weight is 241 g/mol. The lowest BCUT2D eigenvalue weighted by Gasteiger charge is -1.94. The first kappa shape index (κ1) is 10.5. The van der Waals surface area contributed by atoms with E-state index >= 15 is 0 Å². The minimum atomic E-state index is -0.0152. The number of hydrogen-bond acceptors (Lipinski definition) is 5. The molecule has 0 saturated carbocycles. The molecule has 0 N–H and O–H groups in total. The summed E-state index contributed by atoms with van der Waals surface area (Å²) >= 11 is 2.80. The van der Waals surface area contributed by atoms with Crippen LogP contribution in [-0.4, -0.2) is 14.8 Å². The van der Waals surface area contributed by atoms with Crippen molar-refractivity contribution in [2.24, 2.45) is 0 Å². The fraction of sp³-hybridized carbons (Fsp3) is 0.444. The third kappa shape index (κ3) is 2.32. The average Bonchev–Trinajstić information content (AvgIpc) is 2.75. The molecule has 0 amide bonds. The molecular weight excluding hydrogens is 230 g/mol. The lowest BCUT2D eigenvalue weighted by atomic mass is 10.5. The maximum Gasteiger partial charge on any atom is 0.325 e. The summed E-state index contributed by atoms with van der Waals surface area (Å²) in [7, 11) is 0. The first-order valence-corrected chi connectivity index (χ1v) is 6.36. The molecule has 0 aliphatic rings. The first-order valence-electron chi connectivity index (χ1n) is 4.67. The van der Waals surface area contributed by atoms with Crippen LogP contribution >= 0.6 is 22.7 Å². The van der Waals surface area contributed by atoms with E-state index in [9.17, 15) is 4.79 Å². The number of thiazole rings is 1. The van der Waals surface area contributed by atoms with E-state index in [0.29, 0.717) is 6.54 Å². The van der Waals surface area contributed by atoms with E-state index in [4.69, 9.17) is 0 Å². The van der Waals surface area contributed by atoms with E-state index < -0.39 is 0 Å². The van der Waals surface area contributed by atoms with Crippen molar-refractivity contribution in [1.82, 2.24) is 14.8 Å². The van der Waals surface area contributed by atoms with Crippen molar-refractivity contribution in [3.8, 4) is 0 Å². The molecule has 2 rings (SSSR count). The molecule has 0 unspecified atom stereocenters. The maximum absolute atomic E-state index is 11.4. The predicted molar refractivity (Wildman–Crippen MR) is 61.7 cm³/mol. The Morgan fingerprint density at radius 3 is 2.87 bits per heavy atom. The van der Waals surface area contributed by atoms with Gasteiger partial charge in [-0.05, 0) is 13.3 Å². The van der Waals surface area contributed by atoms with Gasteiger partial charge in [0, 0.05) is 5.38 Å². The number of nitrogens with zero attached hydrogens (tertiary/aromatic N) is 3. The van der Waals surface area contributed by atoms with Crippen molar-refractivity contribution in [3.05, 3.63) is 30.8 Å². The summed E-state index contributed by atoms with van der Waals surface area (Å²) in [6, 6.07) is 0. The van der Waals surface area contributed by atoms with Gasteiger partial charge in [-0.25, -0.2) is 9.67 Å². The zero-order valence-electron chi connectivity index (χ0n) is 8.56. The maximum atomic E-state index is 11.4. The molecule has 0 spiro atoms. The summed E-state index contributed by atoms with van der Waals surface area (Å²) in [5.41, 5.74) is 0.921. The van der Waals surface area contributed by atoms with Gasteiger partial charge in [-0.3, -0.25) is 4.79 Å². The summed E-state index contributed by atoms with van der Waals surface area (Å²) in [6.07, 6.45) is 0.940. The van der Waals surface area contributed by atoms with E-state index in [1.807, 2.05) is 12.3 Å². The first-order chi connectivity index (χ1) is 7.19. The summed E-state index contributed by atoms with van der Waals surface area (Å²) in [5.74, 6) is 0. The molecule has 0 saturated heterocycles. The standard InChI is InChI=1S/C9H11N3OS2/c1-3-8-10-7(5-14-8)4-12-9(13)15-6(2)11-12/h5H,3-4H2,1-2H3. The Hall–Kier alpha value is -1.01. The van der Waals surface area contributed by atoms with Gasteiger partial charge in [-0.1, -0.05) is 18.3 Å². The van der Waals surface area contributed by atoms with Crippen molar-refractivity contribution in [2.75, 3.05) is 0 Å². The van der Waals surface area contributed by atoms with Gasteiger partial charge in [0.15, 0.2) is 0 Å². The lowest BCUT2D eigenvalue weighted by Crippen LogP contribution is -2.15. The molecule has 15 heavy (non-hydrogen) atoms. The fourth-order valence-corrected chi connectivity index (χ4v) is 2.59. The van der Waals surface area contributed by atoms with Crippen LogP contribution in [0.3, 0.4) is 0 Å². The summed E-state index contributed by atoms with van der Waals surface area (Å²) in [5, 5.41) is 8.01. The van der Waals surface area contributed by atoms with Crippen LogP contribution in [0.5, 0.6) is 0 Å². The number of aromatic nitrogens is 3. The molecular formula is C9H11N3OS2. The van der Waals surface area contributed by atoms with E-state index in [1.54, 1.807) is 11.3 Å². The minimum Gasteiger partial charge on any atom is -0.255 e. The molecule has 2 aromatic rings. The zero-order valence-corrected chi connectivity index (χ0v) is 10.2. The third-order valence-electron chi connectivity index (χ3n) is 1.92. The number of rotatable bonds is 3. The summed E-state index contributed by atoms with van der Waals surface area (Å²) < 4.78 is 1.47. The third-order valence-corrected chi connectivity index (χ3v) is 3.73. The summed E-state index contributed by atoms with van der Waals surface area (Å²) in [6.45, 7) is 4.39. The highest BCUT2D eigenvalue weighted by atomic mass is 32.1. The van der Waals surface area contributed by atoms with Gasteiger partial charge in [0.25, 0.3) is 0 Å².